The van der Waals surface area contributed by atoms with Gasteiger partial charge >= 0.3 is 0 Å². The van der Waals surface area contributed by atoms with E-state index >= 15 is 0 Å². The Morgan fingerprint density at radius 3 is 3.00 bits per heavy atom. The van der Waals surface area contributed by atoms with Crippen LogP contribution in [0.15, 0.2) is 18.5 Å². The van der Waals surface area contributed by atoms with E-state index in [-0.39, 0.29) is 5.91 Å². The zero-order valence-corrected chi connectivity index (χ0v) is 8.91. The highest BCUT2D eigenvalue weighted by Crippen LogP contribution is 2.14. The number of likely N-dealkylation sites (N-methyl/N-ethyl adjacent to an activating group) is 1. The molecule has 0 aliphatic carbocycles. The Labute approximate surface area is 88.9 Å². The molecule has 1 amide bonds. The third-order valence-electron chi connectivity index (χ3n) is 1.91. The molecule has 2 N–H and O–H groups in total. The lowest BCUT2D eigenvalue weighted by Crippen LogP contribution is -2.30. The first kappa shape index (κ1) is 11.5. The quantitative estimate of drug-likeness (QED) is 0.672. The second kappa shape index (κ2) is 5.98. The molecule has 1 rings (SSSR count). The van der Waals surface area contributed by atoms with E-state index in [1.165, 1.54) is 13.3 Å². The Morgan fingerprint density at radius 1 is 1.53 bits per heavy atom. The summed E-state index contributed by atoms with van der Waals surface area (Å²) in [5.41, 5.74) is 0.503. The third-order valence-corrected chi connectivity index (χ3v) is 1.91. The average Bonchev–Trinajstić information content (AvgIpc) is 2.29. The molecule has 0 saturated carbocycles. The first-order valence-electron chi connectivity index (χ1n) is 4.70. The monoisotopic (exact) mass is 209 g/mol. The van der Waals surface area contributed by atoms with Crippen molar-refractivity contribution in [2.24, 2.45) is 0 Å². The number of carbonyl (C=O) groups is 1. The molecular formula is C10H15N3O2. The highest BCUT2D eigenvalue weighted by Gasteiger charge is 2.10. The van der Waals surface area contributed by atoms with Crippen molar-refractivity contribution in [3.8, 4) is 5.75 Å². The number of hydrogen-bond acceptors (Lipinski definition) is 4. The van der Waals surface area contributed by atoms with Gasteiger partial charge in [0.15, 0.2) is 0 Å². The number of carbonyl (C=O) groups excluding carboxylic acids is 1. The lowest BCUT2D eigenvalue weighted by atomic mass is 10.2. The van der Waals surface area contributed by atoms with Gasteiger partial charge in [-0.15, -0.1) is 0 Å². The molecule has 0 unspecified atom stereocenters. The molecular weight excluding hydrogens is 194 g/mol. The van der Waals surface area contributed by atoms with E-state index in [1.54, 1.807) is 12.3 Å². The van der Waals surface area contributed by atoms with Crippen molar-refractivity contribution >= 4 is 5.91 Å². The molecule has 15 heavy (non-hydrogen) atoms. The minimum atomic E-state index is -0.149. The molecule has 0 spiro atoms. The van der Waals surface area contributed by atoms with E-state index in [0.717, 1.165) is 6.54 Å². The SMILES string of the molecule is CNCCNC(=O)c1ccncc1OC. The van der Waals surface area contributed by atoms with Crippen molar-refractivity contribution < 1.29 is 9.53 Å². The van der Waals surface area contributed by atoms with Crippen molar-refractivity contribution in [2.45, 2.75) is 0 Å². The average molecular weight is 209 g/mol. The first-order valence-corrected chi connectivity index (χ1v) is 4.70. The van der Waals surface area contributed by atoms with Gasteiger partial charge in [-0.25, -0.2) is 0 Å². The maximum atomic E-state index is 11.7. The van der Waals surface area contributed by atoms with Crippen LogP contribution in [-0.2, 0) is 0 Å². The van der Waals surface area contributed by atoms with Gasteiger partial charge in [-0.1, -0.05) is 0 Å². The van der Waals surface area contributed by atoms with Crippen LogP contribution >= 0.6 is 0 Å². The maximum Gasteiger partial charge on any atom is 0.255 e. The summed E-state index contributed by atoms with van der Waals surface area (Å²) >= 11 is 0. The number of aromatic nitrogens is 1. The Hall–Kier alpha value is -1.62. The summed E-state index contributed by atoms with van der Waals surface area (Å²) in [4.78, 5) is 15.5. The Morgan fingerprint density at radius 2 is 2.33 bits per heavy atom. The van der Waals surface area contributed by atoms with Crippen LogP contribution in [0.3, 0.4) is 0 Å². The molecule has 0 aliphatic rings. The largest absolute Gasteiger partial charge is 0.494 e. The molecule has 5 nitrogen and oxygen atoms in total. The topological polar surface area (TPSA) is 63.2 Å². The number of nitrogens with zero attached hydrogens (tertiary/aromatic N) is 1. The molecule has 1 aromatic rings. The second-order valence-corrected chi connectivity index (χ2v) is 2.94. The van der Waals surface area contributed by atoms with Crippen LogP contribution in [0.25, 0.3) is 0 Å². The van der Waals surface area contributed by atoms with E-state index in [0.29, 0.717) is 17.9 Å². The van der Waals surface area contributed by atoms with Crippen molar-refractivity contribution in [1.29, 1.82) is 0 Å². The number of nitrogens with one attached hydrogen (secondary N) is 2. The molecule has 0 atom stereocenters. The number of hydrogen-bond donors (Lipinski definition) is 2. The summed E-state index contributed by atoms with van der Waals surface area (Å²) in [7, 11) is 3.35. The summed E-state index contributed by atoms with van der Waals surface area (Å²) in [5, 5.41) is 5.71. The summed E-state index contributed by atoms with van der Waals surface area (Å²) in [6, 6.07) is 1.63. The number of pyridine rings is 1. The van der Waals surface area contributed by atoms with Crippen LogP contribution in [0.4, 0.5) is 0 Å². The van der Waals surface area contributed by atoms with E-state index in [4.69, 9.17) is 4.74 Å². The third kappa shape index (κ3) is 3.21. The minimum Gasteiger partial charge on any atom is -0.494 e. The van der Waals surface area contributed by atoms with Crippen molar-refractivity contribution in [1.82, 2.24) is 15.6 Å². The molecule has 0 radical (unpaired) electrons. The maximum absolute atomic E-state index is 11.7. The summed E-state index contributed by atoms with van der Waals surface area (Å²) in [6.07, 6.45) is 3.09. The normalized spacial score (nSPS) is 9.73. The van der Waals surface area contributed by atoms with Gasteiger partial charge in [-0.2, -0.15) is 0 Å². The van der Waals surface area contributed by atoms with Gasteiger partial charge < -0.3 is 15.4 Å². The van der Waals surface area contributed by atoms with E-state index in [2.05, 4.69) is 15.6 Å². The predicted octanol–water partition coefficient (Wildman–Crippen LogP) is 0.0394. The highest BCUT2D eigenvalue weighted by atomic mass is 16.5. The van der Waals surface area contributed by atoms with Gasteiger partial charge in [-0.3, -0.25) is 9.78 Å². The lowest BCUT2D eigenvalue weighted by Gasteiger charge is -2.07. The summed E-state index contributed by atoms with van der Waals surface area (Å²) in [6.45, 7) is 1.32. The van der Waals surface area contributed by atoms with Crippen LogP contribution < -0.4 is 15.4 Å². The van der Waals surface area contributed by atoms with Crippen LogP contribution in [0.1, 0.15) is 10.4 Å². The van der Waals surface area contributed by atoms with Gasteiger partial charge in [-0.05, 0) is 13.1 Å². The molecule has 82 valence electrons. The van der Waals surface area contributed by atoms with Crippen molar-refractivity contribution in [2.75, 3.05) is 27.2 Å². The molecule has 0 aliphatic heterocycles. The van der Waals surface area contributed by atoms with Gasteiger partial charge in [0.25, 0.3) is 5.91 Å². The number of methoxy groups -OCH3 is 1. The molecule has 0 fully saturated rings. The summed E-state index contributed by atoms with van der Waals surface area (Å²) < 4.78 is 5.03. The van der Waals surface area contributed by atoms with Crippen LogP contribution in [0.2, 0.25) is 0 Å². The zero-order valence-electron chi connectivity index (χ0n) is 8.91. The van der Waals surface area contributed by atoms with Gasteiger partial charge in [0.1, 0.15) is 5.75 Å². The number of amides is 1. The standard InChI is InChI=1S/C10H15N3O2/c1-11-5-6-13-10(14)8-3-4-12-7-9(8)15-2/h3-4,7,11H,5-6H2,1-2H3,(H,13,14). The first-order chi connectivity index (χ1) is 7.29. The fourth-order valence-corrected chi connectivity index (χ4v) is 1.13. The Kier molecular flexibility index (Phi) is 4.56. The molecule has 5 heteroatoms. The van der Waals surface area contributed by atoms with Crippen LogP contribution in [0, 0.1) is 0 Å². The molecule has 0 aromatic carbocycles. The Balaban J connectivity index is 2.64. The van der Waals surface area contributed by atoms with Crippen molar-refractivity contribution in [3.63, 3.8) is 0 Å². The minimum absolute atomic E-state index is 0.149. The van der Waals surface area contributed by atoms with E-state index < -0.39 is 0 Å². The molecule has 0 saturated heterocycles. The number of ether oxygens (including phenoxy) is 1. The lowest BCUT2D eigenvalue weighted by molar-refractivity contribution is 0.0951. The number of rotatable bonds is 5. The van der Waals surface area contributed by atoms with Gasteiger partial charge in [0, 0.05) is 19.3 Å². The van der Waals surface area contributed by atoms with Crippen LogP contribution in [-0.4, -0.2) is 38.1 Å². The fourth-order valence-electron chi connectivity index (χ4n) is 1.13. The highest BCUT2D eigenvalue weighted by molar-refractivity contribution is 5.96. The summed E-state index contributed by atoms with van der Waals surface area (Å²) in [5.74, 6) is 0.337. The smallest absolute Gasteiger partial charge is 0.255 e. The second-order valence-electron chi connectivity index (χ2n) is 2.94. The molecule has 0 bridgehead atoms. The van der Waals surface area contributed by atoms with E-state index in [1.807, 2.05) is 7.05 Å². The van der Waals surface area contributed by atoms with Crippen LogP contribution in [0.5, 0.6) is 5.75 Å². The van der Waals surface area contributed by atoms with Crippen molar-refractivity contribution in [3.05, 3.63) is 24.0 Å². The predicted molar refractivity (Wildman–Crippen MR) is 57.0 cm³/mol. The van der Waals surface area contributed by atoms with Gasteiger partial charge in [0.05, 0.1) is 18.9 Å². The zero-order chi connectivity index (χ0) is 11.1. The van der Waals surface area contributed by atoms with Gasteiger partial charge in [0.2, 0.25) is 0 Å². The molecule has 1 heterocycles. The Bertz CT molecular complexity index is 328. The molecule has 1 aromatic heterocycles. The fraction of sp³-hybridized carbons (Fsp3) is 0.400. The van der Waals surface area contributed by atoms with E-state index in [9.17, 15) is 4.79 Å².